The molecule has 0 amide bonds. The van der Waals surface area contributed by atoms with Crippen molar-refractivity contribution in [3.05, 3.63) is 0 Å². The molecule has 0 radical (unpaired) electrons. The average molecular weight is 383 g/mol. The Morgan fingerprint density at radius 1 is 0.741 bits per heavy atom. The molecule has 5 unspecified atom stereocenters. The Bertz CT molecular complexity index is 335. The second-order valence-corrected chi connectivity index (χ2v) is 10.2. The lowest BCUT2D eigenvalue weighted by atomic mass is 9.89. The maximum Gasteiger partial charge on any atom is 0.0834 e. The zero-order valence-electron chi connectivity index (χ0n) is 19.2. The zero-order chi connectivity index (χ0) is 20.1. The van der Waals surface area contributed by atoms with E-state index in [1.165, 1.54) is 64.2 Å². The molecule has 2 nitrogen and oxygen atoms in total. The van der Waals surface area contributed by atoms with Crippen LogP contribution in [-0.4, -0.2) is 23.9 Å². The fourth-order valence-corrected chi connectivity index (χ4v) is 4.54. The minimum atomic E-state index is -0.255. The fraction of sp³-hybridized carbons (Fsp3) is 1.00. The van der Waals surface area contributed by atoms with Gasteiger partial charge in [0.15, 0.2) is 0 Å². The highest BCUT2D eigenvalue weighted by Crippen LogP contribution is 2.25. The minimum absolute atomic E-state index is 0.0997. The van der Waals surface area contributed by atoms with Crippen molar-refractivity contribution in [2.45, 2.75) is 130 Å². The van der Waals surface area contributed by atoms with Crippen molar-refractivity contribution in [2.75, 3.05) is 6.61 Å². The van der Waals surface area contributed by atoms with Crippen molar-refractivity contribution in [3.63, 3.8) is 0 Å². The number of rotatable bonds is 15. The first kappa shape index (κ1) is 25.0. The van der Waals surface area contributed by atoms with Gasteiger partial charge >= 0.3 is 0 Å². The molecule has 0 saturated carbocycles. The van der Waals surface area contributed by atoms with Crippen LogP contribution in [0.4, 0.5) is 0 Å². The van der Waals surface area contributed by atoms with Crippen molar-refractivity contribution in [3.8, 4) is 0 Å². The van der Waals surface area contributed by atoms with Crippen molar-refractivity contribution in [1.82, 2.24) is 0 Å². The van der Waals surface area contributed by atoms with Crippen molar-refractivity contribution < 1.29 is 9.84 Å². The predicted octanol–water partition coefficient (Wildman–Crippen LogP) is 7.38. The average Bonchev–Trinajstić information content (AvgIpc) is 2.62. The van der Waals surface area contributed by atoms with Crippen LogP contribution in [0.5, 0.6) is 0 Å². The van der Waals surface area contributed by atoms with Gasteiger partial charge in [-0.25, -0.2) is 0 Å². The molecule has 162 valence electrons. The molecule has 1 aliphatic heterocycles. The first-order valence-corrected chi connectivity index (χ1v) is 12.2. The lowest BCUT2D eigenvalue weighted by Gasteiger charge is -2.28. The first-order chi connectivity index (χ1) is 12.9. The molecular formula is C25H50O2. The lowest BCUT2D eigenvalue weighted by molar-refractivity contribution is -0.0688. The van der Waals surface area contributed by atoms with Gasteiger partial charge in [0, 0.05) is 6.61 Å². The molecule has 27 heavy (non-hydrogen) atoms. The summed E-state index contributed by atoms with van der Waals surface area (Å²) < 4.78 is 5.73. The molecule has 0 aliphatic carbocycles. The lowest BCUT2D eigenvalue weighted by Crippen LogP contribution is -2.33. The molecule has 0 aromatic rings. The van der Waals surface area contributed by atoms with E-state index in [4.69, 9.17) is 4.74 Å². The number of hydrogen-bond donors (Lipinski definition) is 1. The van der Waals surface area contributed by atoms with Crippen LogP contribution in [0.25, 0.3) is 0 Å². The summed E-state index contributed by atoms with van der Waals surface area (Å²) in [5, 5.41) is 10.4. The van der Waals surface area contributed by atoms with Gasteiger partial charge in [0.1, 0.15) is 0 Å². The summed E-state index contributed by atoms with van der Waals surface area (Å²) in [6.45, 7) is 12.7. The van der Waals surface area contributed by atoms with Gasteiger partial charge in [-0.3, -0.25) is 0 Å². The third-order valence-corrected chi connectivity index (χ3v) is 6.55. The van der Waals surface area contributed by atoms with Crippen molar-refractivity contribution in [2.24, 2.45) is 23.7 Å². The van der Waals surface area contributed by atoms with Gasteiger partial charge in [-0.05, 0) is 49.4 Å². The van der Waals surface area contributed by atoms with Crippen LogP contribution >= 0.6 is 0 Å². The zero-order valence-corrected chi connectivity index (χ0v) is 19.2. The molecule has 0 aromatic carbocycles. The third kappa shape index (κ3) is 12.9. The summed E-state index contributed by atoms with van der Waals surface area (Å²) in [6.07, 6.45) is 16.5. The number of aliphatic hydroxyl groups excluding tert-OH is 1. The summed E-state index contributed by atoms with van der Waals surface area (Å²) in [6, 6.07) is 0. The van der Waals surface area contributed by atoms with E-state index in [1.54, 1.807) is 0 Å². The predicted molar refractivity (Wildman–Crippen MR) is 118 cm³/mol. The van der Waals surface area contributed by atoms with Gasteiger partial charge in [-0.2, -0.15) is 0 Å². The molecule has 5 atom stereocenters. The molecule has 0 spiro atoms. The highest BCUT2D eigenvalue weighted by molar-refractivity contribution is 4.74. The Morgan fingerprint density at radius 3 is 1.74 bits per heavy atom. The van der Waals surface area contributed by atoms with Crippen LogP contribution in [0.2, 0.25) is 0 Å². The monoisotopic (exact) mass is 382 g/mol. The summed E-state index contributed by atoms with van der Waals surface area (Å²) >= 11 is 0. The van der Waals surface area contributed by atoms with Crippen LogP contribution in [0.15, 0.2) is 0 Å². The summed E-state index contributed by atoms with van der Waals surface area (Å²) in [5.41, 5.74) is 0. The Kier molecular flexibility index (Phi) is 13.7. The Labute approximate surface area is 170 Å². The van der Waals surface area contributed by atoms with Gasteiger partial charge in [0.05, 0.1) is 12.2 Å². The van der Waals surface area contributed by atoms with E-state index in [2.05, 4.69) is 34.6 Å². The van der Waals surface area contributed by atoms with Crippen molar-refractivity contribution in [1.29, 1.82) is 0 Å². The topological polar surface area (TPSA) is 29.5 Å². The van der Waals surface area contributed by atoms with Gasteiger partial charge in [0.2, 0.25) is 0 Å². The molecule has 1 saturated heterocycles. The Balaban J connectivity index is 2.01. The van der Waals surface area contributed by atoms with Crippen LogP contribution < -0.4 is 0 Å². The molecule has 0 bridgehead atoms. The molecule has 1 fully saturated rings. The Morgan fingerprint density at radius 2 is 1.26 bits per heavy atom. The minimum Gasteiger partial charge on any atom is -0.390 e. The van der Waals surface area contributed by atoms with E-state index in [1.807, 2.05) is 0 Å². The first-order valence-electron chi connectivity index (χ1n) is 12.2. The second kappa shape index (κ2) is 14.9. The second-order valence-electron chi connectivity index (χ2n) is 10.2. The van der Waals surface area contributed by atoms with Crippen LogP contribution in [0, 0.1) is 23.7 Å². The van der Waals surface area contributed by atoms with Crippen molar-refractivity contribution >= 4 is 0 Å². The quantitative estimate of drug-likeness (QED) is 0.320. The molecule has 1 N–H and O–H groups in total. The molecule has 0 aromatic heterocycles. The van der Waals surface area contributed by atoms with E-state index < -0.39 is 0 Å². The SMILES string of the molecule is CC(C)CCCC(C)CCCC(C)CCCC(C)CC(O)C1CCCCO1. The van der Waals surface area contributed by atoms with E-state index in [9.17, 15) is 5.11 Å². The van der Waals surface area contributed by atoms with Crippen LogP contribution in [0.1, 0.15) is 118 Å². The molecule has 1 heterocycles. The van der Waals surface area contributed by atoms with E-state index in [0.29, 0.717) is 5.92 Å². The smallest absolute Gasteiger partial charge is 0.0834 e. The van der Waals surface area contributed by atoms with E-state index in [-0.39, 0.29) is 12.2 Å². The summed E-state index contributed by atoms with van der Waals surface area (Å²) in [4.78, 5) is 0. The molecule has 1 rings (SSSR count). The maximum absolute atomic E-state index is 10.4. The fourth-order valence-electron chi connectivity index (χ4n) is 4.54. The van der Waals surface area contributed by atoms with Gasteiger partial charge < -0.3 is 9.84 Å². The highest BCUT2D eigenvalue weighted by Gasteiger charge is 2.24. The third-order valence-electron chi connectivity index (χ3n) is 6.55. The van der Waals surface area contributed by atoms with E-state index >= 15 is 0 Å². The highest BCUT2D eigenvalue weighted by atomic mass is 16.5. The number of hydrogen-bond acceptors (Lipinski definition) is 2. The molecule has 1 aliphatic rings. The van der Waals surface area contributed by atoms with Crippen LogP contribution in [0.3, 0.4) is 0 Å². The molecule has 2 heteroatoms. The standard InChI is InChI=1S/C25H50O2/c1-20(2)11-8-12-21(3)13-9-14-22(4)15-10-16-23(5)19-24(26)25-17-6-7-18-27-25/h20-26H,6-19H2,1-5H3. The maximum atomic E-state index is 10.4. The number of ether oxygens (including phenoxy) is 1. The Hall–Kier alpha value is -0.0800. The summed E-state index contributed by atoms with van der Waals surface area (Å²) in [7, 11) is 0. The van der Waals surface area contributed by atoms with Gasteiger partial charge in [-0.1, -0.05) is 92.4 Å². The van der Waals surface area contributed by atoms with Gasteiger partial charge in [0.25, 0.3) is 0 Å². The summed E-state index contributed by atoms with van der Waals surface area (Å²) in [5.74, 6) is 3.22. The van der Waals surface area contributed by atoms with Crippen LogP contribution in [-0.2, 0) is 4.74 Å². The largest absolute Gasteiger partial charge is 0.390 e. The van der Waals surface area contributed by atoms with Gasteiger partial charge in [-0.15, -0.1) is 0 Å². The van der Waals surface area contributed by atoms with E-state index in [0.717, 1.165) is 43.6 Å². The number of aliphatic hydroxyl groups is 1. The molecular weight excluding hydrogens is 332 g/mol. The normalized spacial score (nSPS) is 22.6.